The first-order valence-corrected chi connectivity index (χ1v) is 16.3. The molecule has 0 spiro atoms. The number of rotatable bonds is 29. The van der Waals surface area contributed by atoms with Crippen molar-refractivity contribution in [2.24, 2.45) is 0 Å². The molecule has 0 aromatic carbocycles. The summed E-state index contributed by atoms with van der Waals surface area (Å²) < 4.78 is 5.41. The first kappa shape index (κ1) is 35.0. The highest BCUT2D eigenvalue weighted by atomic mass is 16.5. The predicted molar refractivity (Wildman–Crippen MR) is 161 cm³/mol. The van der Waals surface area contributed by atoms with E-state index in [4.69, 9.17) is 4.74 Å². The Bertz CT molecular complexity index is 438. The van der Waals surface area contributed by atoms with Gasteiger partial charge in [0.15, 0.2) is 0 Å². The summed E-state index contributed by atoms with van der Waals surface area (Å²) in [5, 5.41) is 0. The van der Waals surface area contributed by atoms with Crippen LogP contribution in [0.1, 0.15) is 181 Å². The minimum absolute atomic E-state index is 0.00487. The number of unbranched alkanes of at least 4 members (excludes halogenated alkanes) is 21. The first-order chi connectivity index (χ1) is 17.8. The van der Waals surface area contributed by atoms with Crippen molar-refractivity contribution in [2.45, 2.75) is 181 Å². The molecule has 0 fully saturated rings. The number of carbonyl (C=O) groups is 1. The summed E-state index contributed by atoms with van der Waals surface area (Å²) in [5.41, 5.74) is 0. The Balaban J connectivity index is 3.24. The molecule has 0 aromatic heterocycles. The Morgan fingerprint density at radius 2 is 0.778 bits per heavy atom. The summed E-state index contributed by atoms with van der Waals surface area (Å²) in [6, 6.07) is 0. The van der Waals surface area contributed by atoms with Gasteiger partial charge in [0.05, 0.1) is 6.61 Å². The van der Waals surface area contributed by atoms with Gasteiger partial charge < -0.3 is 4.74 Å². The highest BCUT2D eigenvalue weighted by Crippen LogP contribution is 2.11. The normalized spacial score (nSPS) is 11.7. The fourth-order valence-electron chi connectivity index (χ4n) is 4.59. The lowest BCUT2D eigenvalue weighted by Crippen LogP contribution is -2.05. The summed E-state index contributed by atoms with van der Waals surface area (Å²) in [6.07, 6.45) is 42.2. The van der Waals surface area contributed by atoms with Crippen LogP contribution < -0.4 is 0 Å². The van der Waals surface area contributed by atoms with Gasteiger partial charge in [0.2, 0.25) is 0 Å². The van der Waals surface area contributed by atoms with E-state index >= 15 is 0 Å². The number of hydrogen-bond acceptors (Lipinski definition) is 2. The zero-order valence-electron chi connectivity index (χ0n) is 24.7. The van der Waals surface area contributed by atoms with Gasteiger partial charge in [0.1, 0.15) is 0 Å². The molecule has 0 unspecified atom stereocenters. The maximum atomic E-state index is 11.9. The molecule has 0 atom stereocenters. The molecule has 0 aliphatic heterocycles. The Morgan fingerprint density at radius 1 is 0.444 bits per heavy atom. The van der Waals surface area contributed by atoms with Crippen LogP contribution in [0.3, 0.4) is 0 Å². The van der Waals surface area contributed by atoms with Crippen molar-refractivity contribution in [3.8, 4) is 0 Å². The second-order valence-corrected chi connectivity index (χ2v) is 10.8. The fourth-order valence-corrected chi connectivity index (χ4v) is 4.59. The molecule has 0 saturated heterocycles. The van der Waals surface area contributed by atoms with E-state index < -0.39 is 0 Å². The molecule has 0 radical (unpaired) electrons. The molecule has 0 amide bonds. The molecule has 0 aliphatic rings. The summed E-state index contributed by atoms with van der Waals surface area (Å²) in [7, 11) is 0. The van der Waals surface area contributed by atoms with Gasteiger partial charge in [-0.3, -0.25) is 4.79 Å². The van der Waals surface area contributed by atoms with E-state index in [0.717, 1.165) is 19.3 Å². The third-order valence-electron chi connectivity index (χ3n) is 7.06. The molecule has 0 heterocycles. The molecule has 2 nitrogen and oxygen atoms in total. The monoisotopic (exact) mass is 504 g/mol. The Hall–Kier alpha value is -1.05. The summed E-state index contributed by atoms with van der Waals surface area (Å²) in [4.78, 5) is 11.9. The van der Waals surface area contributed by atoms with Crippen LogP contribution in [-0.4, -0.2) is 12.6 Å². The number of allylic oxidation sites excluding steroid dienone is 4. The minimum Gasteiger partial charge on any atom is -0.466 e. The van der Waals surface area contributed by atoms with Crippen molar-refractivity contribution in [2.75, 3.05) is 6.61 Å². The van der Waals surface area contributed by atoms with Gasteiger partial charge in [-0.05, 0) is 64.2 Å². The Labute approximate surface area is 227 Å². The average molecular weight is 505 g/mol. The summed E-state index contributed by atoms with van der Waals surface area (Å²) >= 11 is 0. The lowest BCUT2D eigenvalue weighted by Gasteiger charge is -2.05. The zero-order chi connectivity index (χ0) is 26.2. The summed E-state index contributed by atoms with van der Waals surface area (Å²) in [6.45, 7) is 5.16. The molecule has 0 aromatic rings. The maximum absolute atomic E-state index is 11.9. The van der Waals surface area contributed by atoms with Gasteiger partial charge >= 0.3 is 5.97 Å². The van der Waals surface area contributed by atoms with Crippen LogP contribution in [0, 0.1) is 0 Å². The molecule has 0 aliphatic carbocycles. The molecule has 36 heavy (non-hydrogen) atoms. The molecular formula is C34H64O2. The highest BCUT2D eigenvalue weighted by Gasteiger charge is 2.02. The Morgan fingerprint density at radius 3 is 1.19 bits per heavy atom. The Kier molecular flexibility index (Phi) is 31.0. The van der Waals surface area contributed by atoms with Crippen LogP contribution in [0.5, 0.6) is 0 Å². The van der Waals surface area contributed by atoms with Crippen LogP contribution in [-0.2, 0) is 9.53 Å². The van der Waals surface area contributed by atoms with E-state index in [9.17, 15) is 4.79 Å². The maximum Gasteiger partial charge on any atom is 0.305 e. The molecule has 0 rings (SSSR count). The van der Waals surface area contributed by atoms with Crippen LogP contribution in [0.25, 0.3) is 0 Å². The quantitative estimate of drug-likeness (QED) is 0.0575. The van der Waals surface area contributed by atoms with Crippen molar-refractivity contribution < 1.29 is 9.53 Å². The smallest absolute Gasteiger partial charge is 0.305 e. The topological polar surface area (TPSA) is 26.3 Å². The van der Waals surface area contributed by atoms with Crippen molar-refractivity contribution >= 4 is 5.97 Å². The number of carbonyl (C=O) groups excluding carboxylic acids is 1. The highest BCUT2D eigenvalue weighted by molar-refractivity contribution is 5.69. The van der Waals surface area contributed by atoms with Gasteiger partial charge in [-0.2, -0.15) is 0 Å². The minimum atomic E-state index is 0.00487. The predicted octanol–water partition coefficient (Wildman–Crippen LogP) is 11.8. The molecule has 2 heteroatoms. The lowest BCUT2D eigenvalue weighted by atomic mass is 10.1. The number of ether oxygens (including phenoxy) is 1. The third-order valence-corrected chi connectivity index (χ3v) is 7.06. The second-order valence-electron chi connectivity index (χ2n) is 10.8. The second kappa shape index (κ2) is 32.0. The summed E-state index contributed by atoms with van der Waals surface area (Å²) in [5.74, 6) is 0.00487. The van der Waals surface area contributed by atoms with E-state index in [-0.39, 0.29) is 5.97 Å². The molecule has 0 N–H and O–H groups in total. The first-order valence-electron chi connectivity index (χ1n) is 16.3. The number of esters is 1. The zero-order valence-corrected chi connectivity index (χ0v) is 24.7. The van der Waals surface area contributed by atoms with E-state index in [2.05, 4.69) is 38.2 Å². The van der Waals surface area contributed by atoms with Crippen LogP contribution in [0.4, 0.5) is 0 Å². The van der Waals surface area contributed by atoms with E-state index in [1.54, 1.807) is 0 Å². The standard InChI is InChI=1S/C34H64O2/c1-3-5-7-9-11-13-15-17-19-20-22-24-26-28-30-32-34(35)36-33-31-29-27-25-23-21-18-16-14-12-10-8-6-4-2/h17-19,21H,3-16,20,22-33H2,1-2H3/b19-17-,21-18+. The average Bonchev–Trinajstić information content (AvgIpc) is 2.88. The van der Waals surface area contributed by atoms with Gasteiger partial charge in [0, 0.05) is 6.42 Å². The van der Waals surface area contributed by atoms with Gasteiger partial charge in [-0.25, -0.2) is 0 Å². The molecule has 0 saturated carbocycles. The molecule has 0 bridgehead atoms. The fraction of sp³-hybridized carbons (Fsp3) is 0.853. The number of hydrogen-bond donors (Lipinski definition) is 0. The molecule has 212 valence electrons. The largest absolute Gasteiger partial charge is 0.466 e. The lowest BCUT2D eigenvalue weighted by molar-refractivity contribution is -0.143. The van der Waals surface area contributed by atoms with Crippen molar-refractivity contribution in [3.05, 3.63) is 24.3 Å². The van der Waals surface area contributed by atoms with E-state index in [0.29, 0.717) is 13.0 Å². The van der Waals surface area contributed by atoms with Crippen molar-refractivity contribution in [3.63, 3.8) is 0 Å². The van der Waals surface area contributed by atoms with E-state index in [1.165, 1.54) is 141 Å². The van der Waals surface area contributed by atoms with Crippen LogP contribution >= 0.6 is 0 Å². The van der Waals surface area contributed by atoms with Gasteiger partial charge in [-0.15, -0.1) is 0 Å². The van der Waals surface area contributed by atoms with Crippen LogP contribution in [0.15, 0.2) is 24.3 Å². The third kappa shape index (κ3) is 31.0. The van der Waals surface area contributed by atoms with E-state index in [1.807, 2.05) is 0 Å². The van der Waals surface area contributed by atoms with Gasteiger partial charge in [-0.1, -0.05) is 134 Å². The van der Waals surface area contributed by atoms with Crippen molar-refractivity contribution in [1.29, 1.82) is 0 Å². The SMILES string of the molecule is CCCCCCCC/C=C\CCCCCCCC(=O)OCCCCCC/C=C/CCCCCCCC. The molecular weight excluding hydrogens is 440 g/mol. The van der Waals surface area contributed by atoms with Crippen LogP contribution in [0.2, 0.25) is 0 Å². The van der Waals surface area contributed by atoms with Gasteiger partial charge in [0.25, 0.3) is 0 Å². The van der Waals surface area contributed by atoms with Crippen molar-refractivity contribution in [1.82, 2.24) is 0 Å².